The van der Waals surface area contributed by atoms with Gasteiger partial charge in [-0.05, 0) is 241 Å². The molecule has 8 aromatic carbocycles. The van der Waals surface area contributed by atoms with Gasteiger partial charge in [-0.2, -0.15) is 33.7 Å². The number of hydrogen-bond acceptors (Lipinski definition) is 13. The minimum absolute atomic E-state index is 0.0898. The SMILES string of the molecule is CNc1ccc(Nc2ccc(N=C3C=CC(=Nc4ccc(Nc5ccc(C(C)CC(CC(CC(CC(C)c6ccc(S(=O)(=O)O)cc6)c6ccc(S(=O)(=O)O)cc6)c6ccc(S(=O)(=O)O)cc6)c6ccc(S(=O)(=O)O)cc6)cc5)cc4)C=C3)cc2)cc1. The molecule has 17 nitrogen and oxygen atoms in total. The van der Waals surface area contributed by atoms with Crippen molar-refractivity contribution >= 4 is 91.7 Å². The van der Waals surface area contributed by atoms with E-state index in [1.54, 1.807) is 48.5 Å². The van der Waals surface area contributed by atoms with Crippen LogP contribution in [0.15, 0.2) is 248 Å². The van der Waals surface area contributed by atoms with Crippen molar-refractivity contribution in [2.75, 3.05) is 23.0 Å². The highest BCUT2D eigenvalue weighted by molar-refractivity contribution is 7.86. The fourth-order valence-corrected chi connectivity index (χ4v) is 12.6. The molecule has 5 unspecified atom stereocenters. The van der Waals surface area contributed by atoms with E-state index < -0.39 is 46.4 Å². The number of hydrogen-bond donors (Lipinski definition) is 7. The summed E-state index contributed by atoms with van der Waals surface area (Å²) in [6.07, 6.45) is 9.44. The summed E-state index contributed by atoms with van der Waals surface area (Å²) >= 11 is 0. The summed E-state index contributed by atoms with van der Waals surface area (Å²) < 4.78 is 137. The summed E-state index contributed by atoms with van der Waals surface area (Å²) in [7, 11) is -16.2. The molecule has 21 heteroatoms. The van der Waals surface area contributed by atoms with Gasteiger partial charge in [0.1, 0.15) is 0 Å². The number of aliphatic imine (C=N–C) groups is 2. The van der Waals surface area contributed by atoms with Crippen LogP contribution in [0.2, 0.25) is 0 Å². The second-order valence-corrected chi connectivity index (χ2v) is 27.2. The lowest BCUT2D eigenvalue weighted by Crippen LogP contribution is -2.15. The first-order valence-electron chi connectivity index (χ1n) is 27.8. The summed E-state index contributed by atoms with van der Waals surface area (Å²) in [4.78, 5) is 8.40. The zero-order chi connectivity index (χ0) is 62.1. The molecule has 0 saturated carbocycles. The molecule has 0 spiro atoms. The number of nitrogens with zero attached hydrogens (tertiary/aromatic N) is 2. The Bertz CT molecular complexity index is 4280. The first-order chi connectivity index (χ1) is 41.3. The van der Waals surface area contributed by atoms with Gasteiger partial charge in [0.05, 0.1) is 42.4 Å². The number of rotatable bonds is 24. The largest absolute Gasteiger partial charge is 0.388 e. The lowest BCUT2D eigenvalue weighted by atomic mass is 9.74. The highest BCUT2D eigenvalue weighted by Crippen LogP contribution is 2.45. The average molecular weight is 1250 g/mol. The lowest BCUT2D eigenvalue weighted by Gasteiger charge is -2.31. The van der Waals surface area contributed by atoms with Gasteiger partial charge in [-0.3, -0.25) is 18.2 Å². The summed E-state index contributed by atoms with van der Waals surface area (Å²) in [5.41, 5.74) is 11.8. The van der Waals surface area contributed by atoms with E-state index in [0.29, 0.717) is 36.8 Å². The van der Waals surface area contributed by atoms with Crippen molar-refractivity contribution in [3.63, 3.8) is 0 Å². The molecule has 1 aliphatic rings. The second kappa shape index (κ2) is 27.1. The van der Waals surface area contributed by atoms with Crippen molar-refractivity contribution in [2.24, 2.45) is 9.98 Å². The van der Waals surface area contributed by atoms with Gasteiger partial charge >= 0.3 is 0 Å². The van der Waals surface area contributed by atoms with Crippen molar-refractivity contribution in [3.05, 3.63) is 246 Å². The summed E-state index contributed by atoms with van der Waals surface area (Å²) in [6, 6.07) is 55.3. The fraction of sp³-hybridized carbons (Fsp3) is 0.182. The molecule has 0 amide bonds. The normalized spacial score (nSPS) is 14.6. The molecular formula is C66H65N5O12S4. The molecule has 1 aliphatic carbocycles. The maximum Gasteiger partial charge on any atom is 0.294 e. The third-order valence-corrected chi connectivity index (χ3v) is 18.9. The van der Waals surface area contributed by atoms with Gasteiger partial charge < -0.3 is 16.0 Å². The van der Waals surface area contributed by atoms with Crippen molar-refractivity contribution in [1.82, 2.24) is 0 Å². The third-order valence-electron chi connectivity index (χ3n) is 15.4. The zero-order valence-corrected chi connectivity index (χ0v) is 50.8. The van der Waals surface area contributed by atoms with Crippen LogP contribution in [0.5, 0.6) is 0 Å². The van der Waals surface area contributed by atoms with E-state index in [1.807, 2.05) is 135 Å². The van der Waals surface area contributed by atoms with Crippen molar-refractivity contribution in [3.8, 4) is 0 Å². The van der Waals surface area contributed by atoms with Crippen molar-refractivity contribution in [2.45, 2.75) is 88.7 Å². The number of anilines is 5. The molecule has 0 fully saturated rings. The Hall–Kier alpha value is -8.38. The molecule has 9 rings (SSSR count). The molecule has 0 radical (unpaired) electrons. The highest BCUT2D eigenvalue weighted by Gasteiger charge is 2.29. The van der Waals surface area contributed by atoms with Crippen LogP contribution >= 0.6 is 0 Å². The average Bonchev–Trinajstić information content (AvgIpc) is 3.08. The van der Waals surface area contributed by atoms with E-state index >= 15 is 0 Å². The maximum atomic E-state index is 12.3. The van der Waals surface area contributed by atoms with Crippen LogP contribution in [0.25, 0.3) is 0 Å². The van der Waals surface area contributed by atoms with E-state index in [1.165, 1.54) is 48.5 Å². The van der Waals surface area contributed by atoms with Gasteiger partial charge in [-0.25, -0.2) is 9.98 Å². The van der Waals surface area contributed by atoms with Crippen LogP contribution in [-0.4, -0.2) is 70.4 Å². The molecule has 0 bridgehead atoms. The Morgan fingerprint density at radius 3 is 0.828 bits per heavy atom. The van der Waals surface area contributed by atoms with Crippen LogP contribution in [0.1, 0.15) is 96.9 Å². The third kappa shape index (κ3) is 17.4. The first kappa shape index (κ1) is 63.1. The quantitative estimate of drug-likeness (QED) is 0.0219. The van der Waals surface area contributed by atoms with Crippen LogP contribution < -0.4 is 16.0 Å². The Morgan fingerprint density at radius 2 is 0.552 bits per heavy atom. The standard InChI is InChI=1S/C66H65N5O12S4/c1-44(46-4-14-55(15-5-46)68-57-20-22-59(23-21-57)70-61-28-30-62(31-29-61)71-60-26-24-58(25-27-60)69-56-18-16-54(67-3)17-19-56)40-51(48-8-34-64(35-9-48)85(75,76)77)42-53(50-12-38-66(39-13-50)87(81,82)83)43-52(49-10-36-65(37-11-49)86(78,79)80)41-45(2)47-6-32-63(33-7-47)84(72,73)74/h4-39,44-45,51-53,67-69H,40-43H2,1-3H3,(H,72,73,74)(H,75,76,77)(H,78,79,80)(H,81,82,83). The van der Waals surface area contributed by atoms with Crippen molar-refractivity contribution < 1.29 is 51.9 Å². The molecule has 8 aromatic rings. The number of nitrogens with one attached hydrogen (secondary N) is 3. The Balaban J connectivity index is 0.919. The van der Waals surface area contributed by atoms with Gasteiger partial charge in [0.2, 0.25) is 0 Å². The molecule has 0 saturated heterocycles. The predicted octanol–water partition coefficient (Wildman–Crippen LogP) is 15.0. The highest BCUT2D eigenvalue weighted by atomic mass is 32.2. The van der Waals surface area contributed by atoms with Gasteiger partial charge in [-0.15, -0.1) is 0 Å². The Labute approximate surface area is 508 Å². The number of allylic oxidation sites excluding steroid dienone is 4. The van der Waals surface area contributed by atoms with Gasteiger partial charge in [-0.1, -0.05) is 74.5 Å². The molecule has 5 atom stereocenters. The summed E-state index contributed by atoms with van der Waals surface area (Å²) in [5.74, 6) is -1.38. The van der Waals surface area contributed by atoms with Crippen LogP contribution in [0, 0.1) is 0 Å². The van der Waals surface area contributed by atoms with Gasteiger partial charge in [0.15, 0.2) is 0 Å². The molecule has 7 N–H and O–H groups in total. The van der Waals surface area contributed by atoms with Crippen LogP contribution in [0.4, 0.5) is 39.8 Å². The second-order valence-electron chi connectivity index (χ2n) is 21.5. The lowest BCUT2D eigenvalue weighted by molar-refractivity contribution is 0.413. The molecule has 0 aliphatic heterocycles. The van der Waals surface area contributed by atoms with E-state index in [9.17, 15) is 51.9 Å². The zero-order valence-electron chi connectivity index (χ0n) is 47.6. The monoisotopic (exact) mass is 1250 g/mol. The van der Waals surface area contributed by atoms with Gasteiger partial charge in [0, 0.05) is 35.5 Å². The summed E-state index contributed by atoms with van der Waals surface area (Å²) in [5, 5.41) is 9.99. The summed E-state index contributed by atoms with van der Waals surface area (Å²) in [6.45, 7) is 4.03. The van der Waals surface area contributed by atoms with Crippen LogP contribution in [-0.2, 0) is 40.5 Å². The fourth-order valence-electron chi connectivity index (χ4n) is 10.7. The predicted molar refractivity (Wildman–Crippen MR) is 343 cm³/mol. The Kier molecular flexibility index (Phi) is 19.7. The topological polar surface area (TPSA) is 278 Å². The minimum Gasteiger partial charge on any atom is -0.388 e. The molecule has 0 heterocycles. The molecule has 87 heavy (non-hydrogen) atoms. The Morgan fingerprint density at radius 1 is 0.322 bits per heavy atom. The minimum atomic E-state index is -4.57. The van der Waals surface area contributed by atoms with Crippen molar-refractivity contribution in [1.29, 1.82) is 0 Å². The maximum absolute atomic E-state index is 12.3. The number of benzene rings is 8. The van der Waals surface area contributed by atoms with E-state index in [4.69, 9.17) is 9.98 Å². The van der Waals surface area contributed by atoms with E-state index in [-0.39, 0.29) is 43.3 Å². The van der Waals surface area contributed by atoms with E-state index in [0.717, 1.165) is 67.9 Å². The van der Waals surface area contributed by atoms with Crippen LogP contribution in [0.3, 0.4) is 0 Å². The smallest absolute Gasteiger partial charge is 0.294 e. The molecule has 0 aromatic heterocycles. The van der Waals surface area contributed by atoms with E-state index in [2.05, 4.69) is 22.9 Å². The molecular weight excluding hydrogens is 1180 g/mol. The molecule has 450 valence electrons. The first-order valence-corrected chi connectivity index (χ1v) is 33.5. The van der Waals surface area contributed by atoms with Gasteiger partial charge in [0.25, 0.3) is 40.5 Å².